The summed E-state index contributed by atoms with van der Waals surface area (Å²) in [5.74, 6) is -1.31. The molecule has 1 aromatic heterocycles. The van der Waals surface area contributed by atoms with Gasteiger partial charge in [0.05, 0.1) is 17.9 Å². The SMILES string of the molecule is CCOC(=O)c1[nH]c2ccccc2c1NC(=O)c1ccccc1C(=O)c1ccc(C)cc1. The Morgan fingerprint density at radius 3 is 2.25 bits per heavy atom. The van der Waals surface area contributed by atoms with Crippen LogP contribution in [-0.2, 0) is 4.74 Å². The zero-order valence-corrected chi connectivity index (χ0v) is 17.8. The van der Waals surface area contributed by atoms with Gasteiger partial charge in [-0.15, -0.1) is 0 Å². The van der Waals surface area contributed by atoms with Gasteiger partial charge in [0.1, 0.15) is 5.69 Å². The molecule has 0 atom stereocenters. The second kappa shape index (κ2) is 8.89. The van der Waals surface area contributed by atoms with Crippen molar-refractivity contribution in [2.75, 3.05) is 11.9 Å². The Morgan fingerprint density at radius 2 is 1.53 bits per heavy atom. The zero-order chi connectivity index (χ0) is 22.7. The maximum Gasteiger partial charge on any atom is 0.356 e. The van der Waals surface area contributed by atoms with Crippen molar-refractivity contribution in [3.63, 3.8) is 0 Å². The standard InChI is InChI=1S/C26H22N2O4/c1-3-32-26(31)23-22(20-10-6-7-11-21(20)27-23)28-25(30)19-9-5-4-8-18(19)24(29)17-14-12-16(2)13-15-17/h4-15,27H,3H2,1-2H3,(H,28,30). The minimum atomic E-state index is -0.567. The Bertz CT molecular complexity index is 1320. The van der Waals surface area contributed by atoms with Crippen molar-refractivity contribution in [2.45, 2.75) is 13.8 Å². The second-order valence-electron chi connectivity index (χ2n) is 7.34. The highest BCUT2D eigenvalue weighted by Crippen LogP contribution is 2.29. The maximum atomic E-state index is 13.3. The highest BCUT2D eigenvalue weighted by atomic mass is 16.5. The number of hydrogen-bond donors (Lipinski definition) is 2. The Labute approximate surface area is 185 Å². The van der Waals surface area contributed by atoms with Gasteiger partial charge in [0.25, 0.3) is 5.91 Å². The van der Waals surface area contributed by atoms with Gasteiger partial charge in [0, 0.05) is 22.0 Å². The van der Waals surface area contributed by atoms with E-state index < -0.39 is 11.9 Å². The van der Waals surface area contributed by atoms with Gasteiger partial charge < -0.3 is 15.0 Å². The summed E-state index contributed by atoms with van der Waals surface area (Å²) in [7, 11) is 0. The second-order valence-corrected chi connectivity index (χ2v) is 7.34. The van der Waals surface area contributed by atoms with Crippen LogP contribution in [0.3, 0.4) is 0 Å². The molecule has 32 heavy (non-hydrogen) atoms. The lowest BCUT2D eigenvalue weighted by Gasteiger charge is -2.11. The largest absolute Gasteiger partial charge is 0.461 e. The number of aromatic nitrogens is 1. The van der Waals surface area contributed by atoms with Gasteiger partial charge in [-0.1, -0.05) is 66.2 Å². The number of hydrogen-bond acceptors (Lipinski definition) is 4. The quantitative estimate of drug-likeness (QED) is 0.330. The molecule has 0 unspecified atom stereocenters. The molecule has 4 rings (SSSR count). The minimum absolute atomic E-state index is 0.156. The summed E-state index contributed by atoms with van der Waals surface area (Å²) in [6.45, 7) is 3.86. The first-order chi connectivity index (χ1) is 15.5. The summed E-state index contributed by atoms with van der Waals surface area (Å²) < 4.78 is 5.14. The van der Waals surface area contributed by atoms with E-state index in [1.807, 2.05) is 37.3 Å². The molecule has 1 amide bonds. The number of aromatic amines is 1. The van der Waals surface area contributed by atoms with E-state index in [0.717, 1.165) is 5.56 Å². The molecule has 0 fully saturated rings. The number of benzene rings is 3. The number of ether oxygens (including phenoxy) is 1. The van der Waals surface area contributed by atoms with Crippen LogP contribution in [0.2, 0.25) is 0 Å². The van der Waals surface area contributed by atoms with Gasteiger partial charge in [0.15, 0.2) is 5.78 Å². The number of amides is 1. The topological polar surface area (TPSA) is 88.3 Å². The molecule has 3 aromatic carbocycles. The molecule has 4 aromatic rings. The molecule has 6 nitrogen and oxygen atoms in total. The molecule has 0 aliphatic heterocycles. The van der Waals surface area contributed by atoms with E-state index in [2.05, 4.69) is 10.3 Å². The Hall–Kier alpha value is -4.19. The third kappa shape index (κ3) is 4.03. The summed E-state index contributed by atoms with van der Waals surface area (Å²) in [5, 5.41) is 3.49. The lowest BCUT2D eigenvalue weighted by molar-refractivity contribution is 0.0521. The van der Waals surface area contributed by atoms with Crippen LogP contribution in [0.1, 0.15) is 49.3 Å². The van der Waals surface area contributed by atoms with Gasteiger partial charge in [0.2, 0.25) is 0 Å². The van der Waals surface area contributed by atoms with Crippen LogP contribution in [0.15, 0.2) is 72.8 Å². The predicted octanol–water partition coefficient (Wildman–Crippen LogP) is 5.14. The average molecular weight is 426 g/mol. The van der Waals surface area contributed by atoms with Crippen molar-refractivity contribution in [1.82, 2.24) is 4.98 Å². The molecule has 0 aliphatic carbocycles. The normalized spacial score (nSPS) is 10.7. The van der Waals surface area contributed by atoms with E-state index in [9.17, 15) is 14.4 Å². The lowest BCUT2D eigenvalue weighted by Crippen LogP contribution is -2.18. The highest BCUT2D eigenvalue weighted by molar-refractivity contribution is 6.20. The number of fused-ring (bicyclic) bond motifs is 1. The molecule has 0 radical (unpaired) electrons. The number of esters is 1. The molecular weight excluding hydrogens is 404 g/mol. The zero-order valence-electron chi connectivity index (χ0n) is 17.8. The molecule has 0 aliphatic rings. The summed E-state index contributed by atoms with van der Waals surface area (Å²) in [4.78, 5) is 41.9. The number of para-hydroxylation sites is 1. The lowest BCUT2D eigenvalue weighted by atomic mass is 9.97. The third-order valence-corrected chi connectivity index (χ3v) is 5.15. The monoisotopic (exact) mass is 426 g/mol. The van der Waals surface area contributed by atoms with E-state index in [4.69, 9.17) is 4.74 Å². The number of rotatable bonds is 6. The van der Waals surface area contributed by atoms with Crippen molar-refractivity contribution < 1.29 is 19.1 Å². The fourth-order valence-electron chi connectivity index (χ4n) is 3.55. The fraction of sp³-hybridized carbons (Fsp3) is 0.115. The van der Waals surface area contributed by atoms with Crippen molar-refractivity contribution in [3.05, 3.63) is 101 Å². The number of ketones is 1. The number of aryl methyl sites for hydroxylation is 1. The van der Waals surface area contributed by atoms with Crippen molar-refractivity contribution in [1.29, 1.82) is 0 Å². The van der Waals surface area contributed by atoms with Gasteiger partial charge in [-0.25, -0.2) is 4.79 Å². The molecule has 160 valence electrons. The molecule has 6 heteroatoms. The summed E-state index contributed by atoms with van der Waals surface area (Å²) in [6.07, 6.45) is 0. The fourth-order valence-corrected chi connectivity index (χ4v) is 3.55. The van der Waals surface area contributed by atoms with Crippen LogP contribution in [0.25, 0.3) is 10.9 Å². The van der Waals surface area contributed by atoms with Crippen molar-refractivity contribution in [3.8, 4) is 0 Å². The summed E-state index contributed by atoms with van der Waals surface area (Å²) >= 11 is 0. The van der Waals surface area contributed by atoms with Crippen LogP contribution in [-0.4, -0.2) is 29.3 Å². The van der Waals surface area contributed by atoms with Crippen LogP contribution in [0.4, 0.5) is 5.69 Å². The smallest absolute Gasteiger partial charge is 0.356 e. The van der Waals surface area contributed by atoms with Gasteiger partial charge in [-0.2, -0.15) is 0 Å². The Balaban J connectivity index is 1.72. The van der Waals surface area contributed by atoms with Gasteiger partial charge >= 0.3 is 5.97 Å². The van der Waals surface area contributed by atoms with E-state index in [0.29, 0.717) is 22.2 Å². The predicted molar refractivity (Wildman–Crippen MR) is 123 cm³/mol. The average Bonchev–Trinajstić information content (AvgIpc) is 3.18. The maximum absolute atomic E-state index is 13.3. The molecule has 0 bridgehead atoms. The Morgan fingerprint density at radius 1 is 0.875 bits per heavy atom. The van der Waals surface area contributed by atoms with Crippen molar-refractivity contribution in [2.24, 2.45) is 0 Å². The minimum Gasteiger partial charge on any atom is -0.461 e. The van der Waals surface area contributed by atoms with Crippen LogP contribution >= 0.6 is 0 Å². The van der Waals surface area contributed by atoms with Crippen LogP contribution in [0.5, 0.6) is 0 Å². The number of H-pyrrole nitrogens is 1. The number of carbonyl (C=O) groups is 3. The first kappa shape index (κ1) is 21.1. The number of anilines is 1. The Kier molecular flexibility index (Phi) is 5.85. The van der Waals surface area contributed by atoms with E-state index in [1.165, 1.54) is 0 Å². The molecule has 0 saturated carbocycles. The van der Waals surface area contributed by atoms with Gasteiger partial charge in [-0.3, -0.25) is 9.59 Å². The highest BCUT2D eigenvalue weighted by Gasteiger charge is 2.23. The first-order valence-corrected chi connectivity index (χ1v) is 10.3. The molecule has 2 N–H and O–H groups in total. The molecule has 0 spiro atoms. The van der Waals surface area contributed by atoms with E-state index >= 15 is 0 Å². The molecule has 0 saturated heterocycles. The van der Waals surface area contributed by atoms with Crippen molar-refractivity contribution >= 4 is 34.3 Å². The van der Waals surface area contributed by atoms with E-state index in [1.54, 1.807) is 49.4 Å². The van der Waals surface area contributed by atoms with Gasteiger partial charge in [-0.05, 0) is 26.0 Å². The van der Waals surface area contributed by atoms with E-state index in [-0.39, 0.29) is 29.2 Å². The van der Waals surface area contributed by atoms with Crippen LogP contribution in [0, 0.1) is 6.92 Å². The molecule has 1 heterocycles. The molecular formula is C26H22N2O4. The third-order valence-electron chi connectivity index (χ3n) is 5.15. The number of nitrogens with one attached hydrogen (secondary N) is 2. The summed E-state index contributed by atoms with van der Waals surface area (Å²) in [5.41, 5.74) is 3.21. The first-order valence-electron chi connectivity index (χ1n) is 10.3. The van der Waals surface area contributed by atoms with Crippen LogP contribution < -0.4 is 5.32 Å². The summed E-state index contributed by atoms with van der Waals surface area (Å²) in [6, 6.07) is 21.1. The number of carbonyl (C=O) groups excluding carboxylic acids is 3.